The van der Waals surface area contributed by atoms with Crippen molar-refractivity contribution < 1.29 is 4.79 Å². The average Bonchev–Trinajstić information content (AvgIpc) is 3.11. The van der Waals surface area contributed by atoms with Crippen molar-refractivity contribution in [1.82, 2.24) is 25.1 Å². The number of rotatable bonds is 4. The molecule has 3 aromatic rings. The summed E-state index contributed by atoms with van der Waals surface area (Å²) in [4.78, 5) is 17.7. The number of nitrogens with one attached hydrogen (secondary N) is 1. The molecule has 0 aliphatic rings. The van der Waals surface area contributed by atoms with Crippen LogP contribution in [0.4, 0.5) is 0 Å². The van der Waals surface area contributed by atoms with Gasteiger partial charge in [0.15, 0.2) is 5.82 Å². The normalized spacial score (nSPS) is 10.8. The molecular weight excluding hydrogens is 322 g/mol. The number of hydrogen-bond acceptors (Lipinski definition) is 5. The molecule has 0 aliphatic carbocycles. The van der Waals surface area contributed by atoms with Gasteiger partial charge in [0, 0.05) is 12.6 Å². The first kappa shape index (κ1) is 16.3. The standard InChI is InChI=1S/C17H19N5OS/c1-10-5-6-13(11(2)7-10)17-20-12(3)15(24-17)16(23)18-8-14-21-19-9-22(14)4/h5-7,9H,8H2,1-4H3,(H,18,23). The Morgan fingerprint density at radius 2 is 2.08 bits per heavy atom. The fourth-order valence-corrected chi connectivity index (χ4v) is 3.56. The number of aromatic nitrogens is 4. The monoisotopic (exact) mass is 341 g/mol. The predicted octanol–water partition coefficient (Wildman–Crippen LogP) is 2.79. The minimum Gasteiger partial charge on any atom is -0.344 e. The van der Waals surface area contributed by atoms with E-state index in [1.165, 1.54) is 16.9 Å². The summed E-state index contributed by atoms with van der Waals surface area (Å²) >= 11 is 1.42. The van der Waals surface area contributed by atoms with Crippen molar-refractivity contribution in [3.8, 4) is 10.6 Å². The van der Waals surface area contributed by atoms with E-state index in [0.717, 1.165) is 21.8 Å². The second kappa shape index (κ2) is 6.52. The molecule has 0 spiro atoms. The highest BCUT2D eigenvalue weighted by Gasteiger charge is 2.17. The quantitative estimate of drug-likeness (QED) is 0.792. The summed E-state index contributed by atoms with van der Waals surface area (Å²) in [5.41, 5.74) is 4.19. The van der Waals surface area contributed by atoms with E-state index in [0.29, 0.717) is 17.2 Å². The smallest absolute Gasteiger partial charge is 0.263 e. The van der Waals surface area contributed by atoms with Crippen LogP contribution < -0.4 is 5.32 Å². The summed E-state index contributed by atoms with van der Waals surface area (Å²) in [6.45, 7) is 6.33. The van der Waals surface area contributed by atoms with Gasteiger partial charge in [-0.1, -0.05) is 23.8 Å². The van der Waals surface area contributed by atoms with E-state index < -0.39 is 0 Å². The highest BCUT2D eigenvalue weighted by Crippen LogP contribution is 2.30. The maximum absolute atomic E-state index is 12.5. The molecule has 3 rings (SSSR count). The SMILES string of the molecule is Cc1ccc(-c2nc(C)c(C(=O)NCc3nncn3C)s2)c(C)c1. The van der Waals surface area contributed by atoms with Crippen molar-refractivity contribution in [2.24, 2.45) is 7.05 Å². The lowest BCUT2D eigenvalue weighted by molar-refractivity contribution is 0.0953. The van der Waals surface area contributed by atoms with E-state index in [2.05, 4.69) is 52.5 Å². The Morgan fingerprint density at radius 1 is 1.29 bits per heavy atom. The third kappa shape index (κ3) is 3.21. The van der Waals surface area contributed by atoms with Crippen LogP contribution in [0, 0.1) is 20.8 Å². The number of carbonyl (C=O) groups is 1. The Morgan fingerprint density at radius 3 is 2.75 bits per heavy atom. The van der Waals surface area contributed by atoms with E-state index in [4.69, 9.17) is 0 Å². The molecule has 24 heavy (non-hydrogen) atoms. The van der Waals surface area contributed by atoms with Crippen molar-refractivity contribution >= 4 is 17.2 Å². The van der Waals surface area contributed by atoms with Crippen LogP contribution >= 0.6 is 11.3 Å². The van der Waals surface area contributed by atoms with Crippen LogP contribution in [-0.4, -0.2) is 25.7 Å². The number of thiazole rings is 1. The highest BCUT2D eigenvalue weighted by atomic mass is 32.1. The number of benzene rings is 1. The molecule has 1 amide bonds. The molecule has 6 nitrogen and oxygen atoms in total. The van der Waals surface area contributed by atoms with Gasteiger partial charge in [-0.15, -0.1) is 21.5 Å². The van der Waals surface area contributed by atoms with E-state index in [9.17, 15) is 4.79 Å². The molecule has 7 heteroatoms. The van der Waals surface area contributed by atoms with Gasteiger partial charge < -0.3 is 9.88 Å². The first-order valence-electron chi connectivity index (χ1n) is 7.62. The van der Waals surface area contributed by atoms with Gasteiger partial charge >= 0.3 is 0 Å². The fraction of sp³-hybridized carbons (Fsp3) is 0.294. The minimum absolute atomic E-state index is 0.135. The summed E-state index contributed by atoms with van der Waals surface area (Å²) < 4.78 is 1.78. The topological polar surface area (TPSA) is 72.7 Å². The van der Waals surface area contributed by atoms with Gasteiger partial charge in [0.2, 0.25) is 0 Å². The number of nitrogens with zero attached hydrogens (tertiary/aromatic N) is 4. The number of amides is 1. The molecule has 0 fully saturated rings. The Hall–Kier alpha value is -2.54. The van der Waals surface area contributed by atoms with Crippen LogP contribution in [0.25, 0.3) is 10.6 Å². The van der Waals surface area contributed by atoms with E-state index in [-0.39, 0.29) is 5.91 Å². The lowest BCUT2D eigenvalue weighted by atomic mass is 10.1. The second-order valence-corrected chi connectivity index (χ2v) is 6.79. The molecule has 2 heterocycles. The van der Waals surface area contributed by atoms with Gasteiger partial charge in [-0.05, 0) is 26.3 Å². The summed E-state index contributed by atoms with van der Waals surface area (Å²) in [5.74, 6) is 0.573. The molecule has 0 atom stereocenters. The van der Waals surface area contributed by atoms with Gasteiger partial charge in [-0.25, -0.2) is 4.98 Å². The first-order chi connectivity index (χ1) is 11.5. The summed E-state index contributed by atoms with van der Waals surface area (Å²) in [6.07, 6.45) is 1.61. The second-order valence-electron chi connectivity index (χ2n) is 5.79. The first-order valence-corrected chi connectivity index (χ1v) is 8.43. The van der Waals surface area contributed by atoms with Gasteiger partial charge in [-0.2, -0.15) is 0 Å². The van der Waals surface area contributed by atoms with Crippen LogP contribution in [0.2, 0.25) is 0 Å². The fourth-order valence-electron chi connectivity index (χ4n) is 2.48. The summed E-state index contributed by atoms with van der Waals surface area (Å²) in [5, 5.41) is 11.5. The highest BCUT2D eigenvalue weighted by molar-refractivity contribution is 7.17. The molecule has 1 aromatic carbocycles. The van der Waals surface area contributed by atoms with Gasteiger partial charge in [-0.3, -0.25) is 4.79 Å². The molecular formula is C17H19N5OS. The third-order valence-corrected chi connectivity index (χ3v) is 5.02. The Kier molecular flexibility index (Phi) is 4.44. The van der Waals surface area contributed by atoms with Crippen LogP contribution in [0.3, 0.4) is 0 Å². The molecule has 0 saturated heterocycles. The van der Waals surface area contributed by atoms with Crippen LogP contribution in [0.5, 0.6) is 0 Å². The largest absolute Gasteiger partial charge is 0.344 e. The van der Waals surface area contributed by atoms with Crippen molar-refractivity contribution in [3.05, 3.63) is 52.0 Å². The van der Waals surface area contributed by atoms with E-state index >= 15 is 0 Å². The maximum Gasteiger partial charge on any atom is 0.263 e. The Labute approximate surface area is 144 Å². The molecule has 2 aromatic heterocycles. The summed E-state index contributed by atoms with van der Waals surface area (Å²) in [6, 6.07) is 6.25. The molecule has 1 N–H and O–H groups in total. The average molecular weight is 341 g/mol. The van der Waals surface area contributed by atoms with Gasteiger partial charge in [0.25, 0.3) is 5.91 Å². The number of carbonyl (C=O) groups excluding carboxylic acids is 1. The van der Waals surface area contributed by atoms with E-state index in [1.54, 1.807) is 10.9 Å². The maximum atomic E-state index is 12.5. The summed E-state index contributed by atoms with van der Waals surface area (Å²) in [7, 11) is 1.84. The van der Waals surface area contributed by atoms with Gasteiger partial charge in [0.05, 0.1) is 12.2 Å². The van der Waals surface area contributed by atoms with Crippen molar-refractivity contribution in [2.75, 3.05) is 0 Å². The predicted molar refractivity (Wildman–Crippen MR) is 93.9 cm³/mol. The third-order valence-electron chi connectivity index (χ3n) is 3.83. The minimum atomic E-state index is -0.135. The molecule has 0 bridgehead atoms. The Bertz CT molecular complexity index is 896. The molecule has 0 aliphatic heterocycles. The van der Waals surface area contributed by atoms with Crippen molar-refractivity contribution in [2.45, 2.75) is 27.3 Å². The molecule has 0 unspecified atom stereocenters. The molecule has 124 valence electrons. The van der Waals surface area contributed by atoms with Crippen LogP contribution in [0.15, 0.2) is 24.5 Å². The number of aryl methyl sites for hydroxylation is 4. The zero-order valence-corrected chi connectivity index (χ0v) is 14.9. The van der Waals surface area contributed by atoms with Crippen LogP contribution in [0.1, 0.15) is 32.3 Å². The van der Waals surface area contributed by atoms with Crippen molar-refractivity contribution in [1.29, 1.82) is 0 Å². The van der Waals surface area contributed by atoms with Gasteiger partial charge in [0.1, 0.15) is 16.2 Å². The van der Waals surface area contributed by atoms with Crippen molar-refractivity contribution in [3.63, 3.8) is 0 Å². The number of hydrogen-bond donors (Lipinski definition) is 1. The van der Waals surface area contributed by atoms with E-state index in [1.807, 2.05) is 14.0 Å². The zero-order valence-electron chi connectivity index (χ0n) is 14.1. The molecule has 0 saturated carbocycles. The lowest BCUT2D eigenvalue weighted by Gasteiger charge is -2.03. The van der Waals surface area contributed by atoms with Crippen LogP contribution in [-0.2, 0) is 13.6 Å². The Balaban J connectivity index is 1.80. The lowest BCUT2D eigenvalue weighted by Crippen LogP contribution is -2.24. The molecule has 0 radical (unpaired) electrons. The zero-order chi connectivity index (χ0) is 17.3.